The summed E-state index contributed by atoms with van der Waals surface area (Å²) in [6, 6.07) is 11.3. The van der Waals surface area contributed by atoms with Crippen LogP contribution >= 0.6 is 31.9 Å². The van der Waals surface area contributed by atoms with Crippen LogP contribution in [0.2, 0.25) is 0 Å². The summed E-state index contributed by atoms with van der Waals surface area (Å²) >= 11 is 6.67. The molecule has 20 heavy (non-hydrogen) atoms. The Balaban J connectivity index is 2.17. The molecular weight excluding hydrogens is 389 g/mol. The maximum absolute atomic E-state index is 13.7. The van der Waals surface area contributed by atoms with E-state index in [9.17, 15) is 9.18 Å². The lowest BCUT2D eigenvalue weighted by Crippen LogP contribution is -2.27. The molecule has 2 nitrogen and oxygen atoms in total. The molecule has 0 saturated carbocycles. The SMILES string of the molecule is CC(NC(=O)c1ccc(Br)cc1Br)c1ccccc1F. The van der Waals surface area contributed by atoms with Gasteiger partial charge in [0.2, 0.25) is 0 Å². The number of carbonyl (C=O) groups excluding carboxylic acids is 1. The van der Waals surface area contributed by atoms with E-state index < -0.39 is 6.04 Å². The monoisotopic (exact) mass is 399 g/mol. The van der Waals surface area contributed by atoms with Crippen molar-refractivity contribution in [3.05, 3.63) is 68.4 Å². The Morgan fingerprint density at radius 1 is 1.20 bits per heavy atom. The van der Waals surface area contributed by atoms with Crippen molar-refractivity contribution in [3.63, 3.8) is 0 Å². The van der Waals surface area contributed by atoms with Gasteiger partial charge in [-0.1, -0.05) is 34.1 Å². The maximum Gasteiger partial charge on any atom is 0.252 e. The predicted octanol–water partition coefficient (Wildman–Crippen LogP) is 4.84. The van der Waals surface area contributed by atoms with E-state index in [0.717, 1.165) is 4.47 Å². The summed E-state index contributed by atoms with van der Waals surface area (Å²) in [6.07, 6.45) is 0. The van der Waals surface area contributed by atoms with Crippen LogP contribution < -0.4 is 5.32 Å². The van der Waals surface area contributed by atoms with Crippen LogP contribution in [0.3, 0.4) is 0 Å². The van der Waals surface area contributed by atoms with Gasteiger partial charge in [-0.15, -0.1) is 0 Å². The molecule has 0 aliphatic carbocycles. The van der Waals surface area contributed by atoms with Gasteiger partial charge in [0.1, 0.15) is 5.82 Å². The molecule has 2 rings (SSSR count). The predicted molar refractivity (Wildman–Crippen MR) is 84.1 cm³/mol. The molecule has 5 heteroatoms. The molecule has 2 aromatic rings. The molecular formula is C15H12Br2FNO. The molecule has 0 aliphatic heterocycles. The summed E-state index contributed by atoms with van der Waals surface area (Å²) < 4.78 is 15.2. The molecule has 0 radical (unpaired) electrons. The van der Waals surface area contributed by atoms with Gasteiger partial charge in [0.15, 0.2) is 0 Å². The van der Waals surface area contributed by atoms with Crippen LogP contribution in [0.1, 0.15) is 28.9 Å². The first-order valence-electron chi connectivity index (χ1n) is 5.99. The molecule has 1 atom stereocenters. The van der Waals surface area contributed by atoms with Crippen LogP contribution in [0.15, 0.2) is 51.4 Å². The van der Waals surface area contributed by atoms with E-state index in [1.54, 1.807) is 43.3 Å². The number of nitrogens with one attached hydrogen (secondary N) is 1. The lowest BCUT2D eigenvalue weighted by atomic mass is 10.1. The molecule has 0 fully saturated rings. The van der Waals surface area contributed by atoms with E-state index >= 15 is 0 Å². The van der Waals surface area contributed by atoms with Crippen molar-refractivity contribution in [2.45, 2.75) is 13.0 Å². The third-order valence-corrected chi connectivity index (χ3v) is 4.04. The third-order valence-electron chi connectivity index (χ3n) is 2.90. The van der Waals surface area contributed by atoms with Gasteiger partial charge in [0.05, 0.1) is 11.6 Å². The normalized spacial score (nSPS) is 12.0. The molecule has 104 valence electrons. The molecule has 1 unspecified atom stereocenters. The third kappa shape index (κ3) is 3.46. The minimum Gasteiger partial charge on any atom is -0.345 e. The standard InChI is InChI=1S/C15H12Br2FNO/c1-9(11-4-2-3-5-14(11)18)19-15(20)12-7-6-10(16)8-13(12)17/h2-9H,1H3,(H,19,20). The second-order valence-corrected chi connectivity index (χ2v) is 6.11. The first-order chi connectivity index (χ1) is 9.49. The molecule has 0 aromatic heterocycles. The molecule has 1 N–H and O–H groups in total. The van der Waals surface area contributed by atoms with Crippen LogP contribution in [0, 0.1) is 5.82 Å². The summed E-state index contributed by atoms with van der Waals surface area (Å²) in [5, 5.41) is 2.79. The zero-order valence-corrected chi connectivity index (χ0v) is 13.8. The van der Waals surface area contributed by atoms with Gasteiger partial charge >= 0.3 is 0 Å². The van der Waals surface area contributed by atoms with E-state index in [1.165, 1.54) is 6.07 Å². The van der Waals surface area contributed by atoms with E-state index in [2.05, 4.69) is 37.2 Å². The van der Waals surface area contributed by atoms with Crippen LogP contribution in [-0.2, 0) is 0 Å². The summed E-state index contributed by atoms with van der Waals surface area (Å²) in [4.78, 5) is 12.2. The van der Waals surface area contributed by atoms with E-state index in [4.69, 9.17) is 0 Å². The van der Waals surface area contributed by atoms with Crippen LogP contribution in [0.5, 0.6) is 0 Å². The average Bonchev–Trinajstić information content (AvgIpc) is 2.38. The largest absolute Gasteiger partial charge is 0.345 e. The number of amides is 1. The van der Waals surface area contributed by atoms with Crippen molar-refractivity contribution in [2.24, 2.45) is 0 Å². The minimum absolute atomic E-state index is 0.250. The number of benzene rings is 2. The lowest BCUT2D eigenvalue weighted by Gasteiger charge is -2.15. The average molecular weight is 401 g/mol. The second kappa shape index (κ2) is 6.50. The highest BCUT2D eigenvalue weighted by molar-refractivity contribution is 9.11. The summed E-state index contributed by atoms with van der Waals surface area (Å²) in [6.45, 7) is 1.75. The number of hydrogen-bond donors (Lipinski definition) is 1. The smallest absolute Gasteiger partial charge is 0.252 e. The highest BCUT2D eigenvalue weighted by atomic mass is 79.9. The fourth-order valence-corrected chi connectivity index (χ4v) is 3.08. The summed E-state index contributed by atoms with van der Waals surface area (Å²) in [5.41, 5.74) is 0.977. The molecule has 0 bridgehead atoms. The molecule has 2 aromatic carbocycles. The number of halogens is 3. The van der Waals surface area contributed by atoms with Gasteiger partial charge in [0.25, 0.3) is 5.91 Å². The number of rotatable bonds is 3. The van der Waals surface area contributed by atoms with E-state index in [1.807, 2.05) is 0 Å². The van der Waals surface area contributed by atoms with Crippen LogP contribution in [0.4, 0.5) is 4.39 Å². The second-order valence-electron chi connectivity index (χ2n) is 4.34. The van der Waals surface area contributed by atoms with Crippen molar-refractivity contribution < 1.29 is 9.18 Å². The van der Waals surface area contributed by atoms with Crippen molar-refractivity contribution in [1.29, 1.82) is 0 Å². The highest BCUT2D eigenvalue weighted by Crippen LogP contribution is 2.23. The first-order valence-corrected chi connectivity index (χ1v) is 7.58. The zero-order valence-electron chi connectivity index (χ0n) is 10.7. The summed E-state index contributed by atoms with van der Waals surface area (Å²) in [7, 11) is 0. The molecule has 1 amide bonds. The molecule has 0 saturated heterocycles. The molecule has 0 aliphatic rings. The van der Waals surface area contributed by atoms with Gasteiger partial charge in [0, 0.05) is 14.5 Å². The Kier molecular flexibility index (Phi) is 4.94. The molecule has 0 spiro atoms. The highest BCUT2D eigenvalue weighted by Gasteiger charge is 2.16. The topological polar surface area (TPSA) is 29.1 Å². The lowest BCUT2D eigenvalue weighted by molar-refractivity contribution is 0.0938. The van der Waals surface area contributed by atoms with Gasteiger partial charge in [-0.25, -0.2) is 4.39 Å². The fraction of sp³-hybridized carbons (Fsp3) is 0.133. The fourth-order valence-electron chi connectivity index (χ4n) is 1.85. The Hall–Kier alpha value is -1.20. The van der Waals surface area contributed by atoms with E-state index in [0.29, 0.717) is 15.6 Å². The van der Waals surface area contributed by atoms with Crippen molar-refractivity contribution in [2.75, 3.05) is 0 Å². The Labute approximate surface area is 133 Å². The van der Waals surface area contributed by atoms with Crippen molar-refractivity contribution in [3.8, 4) is 0 Å². The minimum atomic E-state index is -0.403. The van der Waals surface area contributed by atoms with Gasteiger partial charge in [-0.3, -0.25) is 4.79 Å². The number of carbonyl (C=O) groups is 1. The summed E-state index contributed by atoms with van der Waals surface area (Å²) in [5.74, 6) is -0.574. The van der Waals surface area contributed by atoms with Gasteiger partial charge < -0.3 is 5.32 Å². The Bertz CT molecular complexity index is 646. The number of hydrogen-bond acceptors (Lipinski definition) is 1. The maximum atomic E-state index is 13.7. The quantitative estimate of drug-likeness (QED) is 0.784. The van der Waals surface area contributed by atoms with Crippen molar-refractivity contribution in [1.82, 2.24) is 5.32 Å². The zero-order chi connectivity index (χ0) is 14.7. The van der Waals surface area contributed by atoms with Crippen molar-refractivity contribution >= 4 is 37.8 Å². The van der Waals surface area contributed by atoms with Gasteiger partial charge in [-0.05, 0) is 47.1 Å². The van der Waals surface area contributed by atoms with Crippen LogP contribution in [0.25, 0.3) is 0 Å². The van der Waals surface area contributed by atoms with Crippen LogP contribution in [-0.4, -0.2) is 5.91 Å². The Morgan fingerprint density at radius 2 is 1.90 bits per heavy atom. The first kappa shape index (κ1) is 15.2. The van der Waals surface area contributed by atoms with Gasteiger partial charge in [-0.2, -0.15) is 0 Å². The molecule has 0 heterocycles. The van der Waals surface area contributed by atoms with E-state index in [-0.39, 0.29) is 11.7 Å². The Morgan fingerprint density at radius 3 is 2.55 bits per heavy atom.